The Morgan fingerprint density at radius 3 is 1.67 bits per heavy atom. The third-order valence-corrected chi connectivity index (χ3v) is 4.07. The summed E-state index contributed by atoms with van der Waals surface area (Å²) in [6.45, 7) is 0. The summed E-state index contributed by atoms with van der Waals surface area (Å²) in [4.78, 5) is 0.136. The van der Waals surface area contributed by atoms with Gasteiger partial charge in [-0.15, -0.1) is 5.75 Å². The predicted molar refractivity (Wildman–Crippen MR) is 59.4 cm³/mol. The minimum Gasteiger partial charge on any atom is -0.872 e. The fraction of sp³-hybridized carbons (Fsp3) is 0. The maximum Gasteiger partial charge on any atom is 1.00 e. The molecule has 4 nitrogen and oxygen atoms in total. The van der Waals surface area contributed by atoms with Crippen LogP contribution in [0.15, 0.2) is 58.3 Å². The maximum absolute atomic E-state index is 12.1. The van der Waals surface area contributed by atoms with Crippen molar-refractivity contribution < 1.29 is 48.2 Å². The van der Waals surface area contributed by atoms with Crippen LogP contribution in [0.5, 0.6) is 11.5 Å². The van der Waals surface area contributed by atoms with Crippen LogP contribution in [0.4, 0.5) is 0 Å². The first-order valence-corrected chi connectivity index (χ1v) is 6.30. The Hall–Kier alpha value is -1.01. The van der Waals surface area contributed by atoms with Crippen LogP contribution in [0.3, 0.4) is 0 Å². The van der Waals surface area contributed by atoms with Gasteiger partial charge in [0.15, 0.2) is 0 Å². The van der Waals surface area contributed by atoms with E-state index >= 15 is 0 Å². The van der Waals surface area contributed by atoms with Gasteiger partial charge in [-0.3, -0.25) is 0 Å². The molecule has 0 radical (unpaired) electrons. The monoisotopic (exact) mass is 272 g/mol. The zero-order valence-electron chi connectivity index (χ0n) is 9.70. The normalized spacial score (nSPS) is 10.7. The molecule has 0 saturated carbocycles. The SMILES string of the molecule is O=S(=O)(c1ccc([O-])cc1)c1ccc(O)cc1.[Na+]. The third kappa shape index (κ3) is 3.05. The molecule has 0 aromatic heterocycles. The van der Waals surface area contributed by atoms with E-state index in [2.05, 4.69) is 0 Å². The summed E-state index contributed by atoms with van der Waals surface area (Å²) < 4.78 is 24.1. The van der Waals surface area contributed by atoms with Gasteiger partial charge in [-0.1, -0.05) is 12.1 Å². The van der Waals surface area contributed by atoms with Crippen molar-refractivity contribution in [3.63, 3.8) is 0 Å². The van der Waals surface area contributed by atoms with Gasteiger partial charge in [0.1, 0.15) is 5.75 Å². The van der Waals surface area contributed by atoms with Gasteiger partial charge >= 0.3 is 29.6 Å². The summed E-state index contributed by atoms with van der Waals surface area (Å²) in [5.74, 6) is -0.242. The van der Waals surface area contributed by atoms with Crippen LogP contribution in [0.25, 0.3) is 0 Å². The quantitative estimate of drug-likeness (QED) is 0.661. The van der Waals surface area contributed by atoms with E-state index in [1.54, 1.807) is 0 Å². The number of phenols is 1. The summed E-state index contributed by atoms with van der Waals surface area (Å²) in [6, 6.07) is 10.2. The molecule has 0 aliphatic heterocycles. The summed E-state index contributed by atoms with van der Waals surface area (Å²) in [5.41, 5.74) is 0. The molecule has 0 aliphatic rings. The minimum atomic E-state index is -3.62. The van der Waals surface area contributed by atoms with Gasteiger partial charge in [0.25, 0.3) is 0 Å². The molecule has 0 unspecified atom stereocenters. The van der Waals surface area contributed by atoms with E-state index < -0.39 is 9.84 Å². The zero-order chi connectivity index (χ0) is 12.5. The molecule has 0 heterocycles. The number of phenolic OH excluding ortho intramolecular Hbond substituents is 1. The van der Waals surface area contributed by atoms with Crippen LogP contribution in [0.2, 0.25) is 0 Å². The van der Waals surface area contributed by atoms with E-state index in [4.69, 9.17) is 5.11 Å². The van der Waals surface area contributed by atoms with Crippen LogP contribution < -0.4 is 34.7 Å². The number of rotatable bonds is 2. The van der Waals surface area contributed by atoms with Gasteiger partial charge in [0, 0.05) is 0 Å². The Morgan fingerprint density at radius 2 is 1.22 bits per heavy atom. The Morgan fingerprint density at radius 1 is 0.833 bits per heavy atom. The van der Waals surface area contributed by atoms with Gasteiger partial charge in [0.05, 0.1) is 9.79 Å². The second-order valence-corrected chi connectivity index (χ2v) is 5.42. The molecule has 0 fully saturated rings. The topological polar surface area (TPSA) is 77.4 Å². The molecule has 0 saturated heterocycles. The first kappa shape index (κ1) is 15.0. The predicted octanol–water partition coefficient (Wildman–Crippen LogP) is -1.70. The van der Waals surface area contributed by atoms with Gasteiger partial charge < -0.3 is 10.2 Å². The van der Waals surface area contributed by atoms with Crippen molar-refractivity contribution in [2.24, 2.45) is 0 Å². The third-order valence-electron chi connectivity index (χ3n) is 2.28. The molecule has 2 rings (SSSR count). The van der Waals surface area contributed by atoms with Crippen LogP contribution in [0.1, 0.15) is 0 Å². The molecule has 2 aromatic carbocycles. The van der Waals surface area contributed by atoms with Crippen molar-refractivity contribution in [3.05, 3.63) is 48.5 Å². The van der Waals surface area contributed by atoms with Crippen molar-refractivity contribution >= 4 is 9.84 Å². The van der Waals surface area contributed by atoms with Gasteiger partial charge in [-0.2, -0.15) is 0 Å². The van der Waals surface area contributed by atoms with Crippen molar-refractivity contribution in [3.8, 4) is 11.5 Å². The molecule has 0 bridgehead atoms. The first-order valence-electron chi connectivity index (χ1n) is 4.81. The summed E-state index contributed by atoms with van der Waals surface area (Å²) in [5, 5.41) is 20.0. The Labute approximate surface area is 127 Å². The van der Waals surface area contributed by atoms with Gasteiger partial charge in [-0.05, 0) is 36.4 Å². The van der Waals surface area contributed by atoms with Crippen molar-refractivity contribution in [2.75, 3.05) is 0 Å². The van der Waals surface area contributed by atoms with Crippen LogP contribution in [-0.4, -0.2) is 13.5 Å². The fourth-order valence-electron chi connectivity index (χ4n) is 1.38. The summed E-state index contributed by atoms with van der Waals surface area (Å²) in [7, 11) is -3.62. The molecule has 88 valence electrons. The minimum absolute atomic E-state index is 0. The average Bonchev–Trinajstić information content (AvgIpc) is 2.30. The standard InChI is InChI=1S/C12H10O4S.Na/c13-9-1-5-11(6-2-9)17(15,16)12-7-3-10(14)4-8-12;/h1-8,13-14H;/q;+1/p-1. The van der Waals surface area contributed by atoms with Crippen molar-refractivity contribution in [1.82, 2.24) is 0 Å². The molecule has 1 N–H and O–H groups in total. The van der Waals surface area contributed by atoms with Crippen LogP contribution in [0, 0.1) is 0 Å². The number of hydrogen-bond acceptors (Lipinski definition) is 4. The van der Waals surface area contributed by atoms with Gasteiger partial charge in [0.2, 0.25) is 9.84 Å². The number of benzene rings is 2. The van der Waals surface area contributed by atoms with E-state index in [1.165, 1.54) is 48.5 Å². The molecular weight excluding hydrogens is 263 g/mol. The molecule has 18 heavy (non-hydrogen) atoms. The molecule has 0 aliphatic carbocycles. The first-order chi connectivity index (χ1) is 8.00. The second-order valence-electron chi connectivity index (χ2n) is 3.47. The van der Waals surface area contributed by atoms with Crippen molar-refractivity contribution in [1.29, 1.82) is 0 Å². The number of hydrogen-bond donors (Lipinski definition) is 1. The van der Waals surface area contributed by atoms with E-state index in [-0.39, 0.29) is 50.8 Å². The molecule has 0 spiro atoms. The van der Waals surface area contributed by atoms with E-state index in [9.17, 15) is 13.5 Å². The summed E-state index contributed by atoms with van der Waals surface area (Å²) >= 11 is 0. The van der Waals surface area contributed by atoms with Gasteiger partial charge in [-0.25, -0.2) is 8.42 Å². The summed E-state index contributed by atoms with van der Waals surface area (Å²) in [6.07, 6.45) is 0. The molecule has 0 amide bonds. The molecule has 2 aromatic rings. The van der Waals surface area contributed by atoms with Crippen molar-refractivity contribution in [2.45, 2.75) is 9.79 Å². The smallest absolute Gasteiger partial charge is 0.872 e. The van der Waals surface area contributed by atoms with Crippen LogP contribution >= 0.6 is 0 Å². The van der Waals surface area contributed by atoms with E-state index in [0.29, 0.717) is 0 Å². The molecular formula is C12H9NaO4S. The Balaban J connectivity index is 0.00000162. The molecule has 6 heteroatoms. The molecule has 0 atom stereocenters. The second kappa shape index (κ2) is 5.75. The fourth-order valence-corrected chi connectivity index (χ4v) is 2.64. The van der Waals surface area contributed by atoms with Crippen LogP contribution in [-0.2, 0) is 9.84 Å². The number of aromatic hydroxyl groups is 1. The average molecular weight is 272 g/mol. The van der Waals surface area contributed by atoms with E-state index in [0.717, 1.165) is 0 Å². The van der Waals surface area contributed by atoms with E-state index in [1.807, 2.05) is 0 Å². The Bertz CT molecular complexity index is 567. The Kier molecular flexibility index (Phi) is 4.81. The maximum atomic E-state index is 12.1. The largest absolute Gasteiger partial charge is 1.00 e. The number of sulfone groups is 1. The zero-order valence-corrected chi connectivity index (χ0v) is 12.5.